The highest BCUT2D eigenvalue weighted by molar-refractivity contribution is 5.85. The highest BCUT2D eigenvalue weighted by Gasteiger charge is 2.07. The fourth-order valence-electron chi connectivity index (χ4n) is 1.95. The van der Waals surface area contributed by atoms with Gasteiger partial charge in [0.15, 0.2) is 0 Å². The SMILES string of the molecule is CC(C)CC(C)OCc1ccccc1/C=C/C(=O)O. The van der Waals surface area contributed by atoms with Crippen LogP contribution in [0.15, 0.2) is 30.3 Å². The minimum atomic E-state index is -0.941. The van der Waals surface area contributed by atoms with Gasteiger partial charge < -0.3 is 9.84 Å². The maximum absolute atomic E-state index is 10.6. The maximum Gasteiger partial charge on any atom is 0.328 e. The molecule has 0 saturated heterocycles. The number of hydrogen-bond acceptors (Lipinski definition) is 2. The van der Waals surface area contributed by atoms with E-state index in [0.717, 1.165) is 23.6 Å². The minimum Gasteiger partial charge on any atom is -0.478 e. The highest BCUT2D eigenvalue weighted by atomic mass is 16.5. The molecule has 0 heterocycles. The third-order valence-electron chi connectivity index (χ3n) is 2.79. The average Bonchev–Trinajstić information content (AvgIpc) is 2.34. The third kappa shape index (κ3) is 6.20. The van der Waals surface area contributed by atoms with Gasteiger partial charge in [-0.3, -0.25) is 0 Å². The van der Waals surface area contributed by atoms with E-state index < -0.39 is 5.97 Å². The van der Waals surface area contributed by atoms with Gasteiger partial charge in [0.05, 0.1) is 12.7 Å². The Morgan fingerprint density at radius 2 is 2.00 bits per heavy atom. The average molecular weight is 262 g/mol. The number of aliphatic carboxylic acids is 1. The lowest BCUT2D eigenvalue weighted by atomic mass is 10.1. The molecule has 0 aromatic heterocycles. The largest absolute Gasteiger partial charge is 0.478 e. The molecule has 0 spiro atoms. The molecule has 0 saturated carbocycles. The first kappa shape index (κ1) is 15.4. The molecule has 1 atom stereocenters. The Labute approximate surface area is 114 Å². The lowest BCUT2D eigenvalue weighted by Gasteiger charge is -2.16. The first-order valence-electron chi connectivity index (χ1n) is 6.59. The predicted octanol–water partition coefficient (Wildman–Crippen LogP) is 3.74. The van der Waals surface area contributed by atoms with E-state index in [0.29, 0.717) is 12.5 Å². The summed E-state index contributed by atoms with van der Waals surface area (Å²) in [7, 11) is 0. The number of rotatable bonds is 7. The van der Waals surface area contributed by atoms with Crippen molar-refractivity contribution in [2.24, 2.45) is 5.92 Å². The molecule has 1 aromatic rings. The van der Waals surface area contributed by atoms with Crippen molar-refractivity contribution >= 4 is 12.0 Å². The summed E-state index contributed by atoms with van der Waals surface area (Å²) in [6, 6.07) is 7.68. The molecule has 0 aliphatic heterocycles. The van der Waals surface area contributed by atoms with Crippen molar-refractivity contribution in [3.8, 4) is 0 Å². The van der Waals surface area contributed by atoms with Crippen molar-refractivity contribution in [1.82, 2.24) is 0 Å². The van der Waals surface area contributed by atoms with Gasteiger partial charge >= 0.3 is 5.97 Å². The second-order valence-corrected chi connectivity index (χ2v) is 5.12. The van der Waals surface area contributed by atoms with Crippen LogP contribution in [0.4, 0.5) is 0 Å². The first-order valence-corrected chi connectivity index (χ1v) is 6.59. The van der Waals surface area contributed by atoms with E-state index in [1.807, 2.05) is 24.3 Å². The maximum atomic E-state index is 10.6. The summed E-state index contributed by atoms with van der Waals surface area (Å²) in [5.74, 6) is -0.332. The van der Waals surface area contributed by atoms with Gasteiger partial charge in [0.1, 0.15) is 0 Å². The molecule has 3 heteroatoms. The van der Waals surface area contributed by atoms with Gasteiger partial charge in [0.2, 0.25) is 0 Å². The normalized spacial score (nSPS) is 13.1. The van der Waals surface area contributed by atoms with Gasteiger partial charge in [-0.15, -0.1) is 0 Å². The number of hydrogen-bond donors (Lipinski definition) is 1. The van der Waals surface area contributed by atoms with E-state index in [2.05, 4.69) is 20.8 Å². The van der Waals surface area contributed by atoms with E-state index in [1.165, 1.54) is 0 Å². The van der Waals surface area contributed by atoms with Crippen molar-refractivity contribution in [2.45, 2.75) is 39.9 Å². The Kier molecular flexibility index (Phi) is 6.30. The van der Waals surface area contributed by atoms with Crippen LogP contribution in [0.25, 0.3) is 6.08 Å². The van der Waals surface area contributed by atoms with Gasteiger partial charge in [0.25, 0.3) is 0 Å². The molecule has 0 amide bonds. The fraction of sp³-hybridized carbons (Fsp3) is 0.438. The van der Waals surface area contributed by atoms with Gasteiger partial charge in [-0.2, -0.15) is 0 Å². The molecule has 0 radical (unpaired) electrons. The zero-order chi connectivity index (χ0) is 14.3. The summed E-state index contributed by atoms with van der Waals surface area (Å²) in [5.41, 5.74) is 1.90. The molecular weight excluding hydrogens is 240 g/mol. The Morgan fingerprint density at radius 1 is 1.32 bits per heavy atom. The molecule has 1 rings (SSSR count). The zero-order valence-corrected chi connectivity index (χ0v) is 11.8. The molecule has 0 fully saturated rings. The number of ether oxygens (including phenoxy) is 1. The predicted molar refractivity (Wildman–Crippen MR) is 76.8 cm³/mol. The van der Waals surface area contributed by atoms with Crippen molar-refractivity contribution in [3.63, 3.8) is 0 Å². The van der Waals surface area contributed by atoms with Crippen LogP contribution in [-0.4, -0.2) is 17.2 Å². The molecule has 104 valence electrons. The lowest BCUT2D eigenvalue weighted by molar-refractivity contribution is -0.131. The third-order valence-corrected chi connectivity index (χ3v) is 2.79. The van der Waals surface area contributed by atoms with Crippen LogP contribution in [0.1, 0.15) is 38.3 Å². The Balaban J connectivity index is 2.65. The lowest BCUT2D eigenvalue weighted by Crippen LogP contribution is -2.11. The van der Waals surface area contributed by atoms with Crippen LogP contribution >= 0.6 is 0 Å². The van der Waals surface area contributed by atoms with Crippen molar-refractivity contribution < 1.29 is 14.6 Å². The number of carboxylic acids is 1. The van der Waals surface area contributed by atoms with E-state index >= 15 is 0 Å². The van der Waals surface area contributed by atoms with Crippen LogP contribution in [0.3, 0.4) is 0 Å². The van der Waals surface area contributed by atoms with Crippen molar-refractivity contribution in [3.05, 3.63) is 41.5 Å². The Hall–Kier alpha value is -1.61. The van der Waals surface area contributed by atoms with Crippen molar-refractivity contribution in [2.75, 3.05) is 0 Å². The van der Waals surface area contributed by atoms with Crippen molar-refractivity contribution in [1.29, 1.82) is 0 Å². The molecule has 1 N–H and O–H groups in total. The number of carbonyl (C=O) groups is 1. The molecule has 0 aliphatic rings. The smallest absolute Gasteiger partial charge is 0.328 e. The second kappa shape index (κ2) is 7.74. The minimum absolute atomic E-state index is 0.205. The van der Waals surface area contributed by atoms with Crippen LogP contribution < -0.4 is 0 Å². The van der Waals surface area contributed by atoms with E-state index in [1.54, 1.807) is 6.08 Å². The fourth-order valence-corrected chi connectivity index (χ4v) is 1.95. The molecule has 1 unspecified atom stereocenters. The van der Waals surface area contributed by atoms with Crippen LogP contribution in [0.5, 0.6) is 0 Å². The van der Waals surface area contributed by atoms with E-state index in [-0.39, 0.29) is 6.10 Å². The molecule has 3 nitrogen and oxygen atoms in total. The summed E-state index contributed by atoms with van der Waals surface area (Å²) < 4.78 is 5.81. The van der Waals surface area contributed by atoms with Gasteiger partial charge in [-0.1, -0.05) is 38.1 Å². The summed E-state index contributed by atoms with van der Waals surface area (Å²) in [6.45, 7) is 6.91. The van der Waals surface area contributed by atoms with Gasteiger partial charge in [-0.25, -0.2) is 4.79 Å². The molecular formula is C16H22O3. The van der Waals surface area contributed by atoms with Crippen LogP contribution in [0.2, 0.25) is 0 Å². The zero-order valence-electron chi connectivity index (χ0n) is 11.8. The summed E-state index contributed by atoms with van der Waals surface area (Å²) in [5, 5.41) is 8.66. The summed E-state index contributed by atoms with van der Waals surface area (Å²) >= 11 is 0. The van der Waals surface area contributed by atoms with Gasteiger partial charge in [-0.05, 0) is 36.5 Å². The second-order valence-electron chi connectivity index (χ2n) is 5.12. The summed E-state index contributed by atoms with van der Waals surface area (Å²) in [4.78, 5) is 10.6. The number of benzene rings is 1. The van der Waals surface area contributed by atoms with E-state index in [4.69, 9.17) is 9.84 Å². The quantitative estimate of drug-likeness (QED) is 0.761. The summed E-state index contributed by atoms with van der Waals surface area (Å²) in [6.07, 6.45) is 3.98. The highest BCUT2D eigenvalue weighted by Crippen LogP contribution is 2.15. The molecule has 1 aromatic carbocycles. The Bertz CT molecular complexity index is 435. The molecule has 0 aliphatic carbocycles. The first-order chi connectivity index (χ1) is 8.99. The standard InChI is InChI=1S/C16H22O3/c1-12(2)10-13(3)19-11-15-7-5-4-6-14(15)8-9-16(17)18/h4-9,12-13H,10-11H2,1-3H3,(H,17,18)/b9-8+. The monoisotopic (exact) mass is 262 g/mol. The van der Waals surface area contributed by atoms with Crippen LogP contribution in [-0.2, 0) is 16.1 Å². The molecule has 0 bridgehead atoms. The topological polar surface area (TPSA) is 46.5 Å². The van der Waals surface area contributed by atoms with E-state index in [9.17, 15) is 4.79 Å². The van der Waals surface area contributed by atoms with Gasteiger partial charge in [0, 0.05) is 6.08 Å². The van der Waals surface area contributed by atoms with Crippen LogP contribution in [0, 0.1) is 5.92 Å². The Morgan fingerprint density at radius 3 is 2.63 bits per heavy atom. The number of carboxylic acid groups (broad SMARTS) is 1. The molecule has 19 heavy (non-hydrogen) atoms.